The molecule has 0 aliphatic heterocycles. The Balaban J connectivity index is 2.22. The average Bonchev–Trinajstić information content (AvgIpc) is 2.48. The van der Waals surface area contributed by atoms with Crippen LogP contribution in [0.25, 0.3) is 0 Å². The molecule has 0 amide bonds. The van der Waals surface area contributed by atoms with E-state index >= 15 is 0 Å². The average molecular weight is 352 g/mol. The highest BCUT2D eigenvalue weighted by Gasteiger charge is 2.08. The number of methoxy groups -OCH3 is 1. The van der Waals surface area contributed by atoms with Crippen LogP contribution in [0.5, 0.6) is 5.75 Å². The Morgan fingerprint density at radius 3 is 2.80 bits per heavy atom. The number of hydrogen-bond donors (Lipinski definition) is 1. The SMILES string of the molecule is COc1cccc(C#N)c1NCc1ccc(Br)c(Cl)c1. The molecule has 0 bridgehead atoms. The van der Waals surface area contributed by atoms with Crippen LogP contribution in [0.1, 0.15) is 11.1 Å². The minimum absolute atomic E-state index is 0.549. The molecule has 5 heteroatoms. The van der Waals surface area contributed by atoms with Crippen LogP contribution < -0.4 is 10.1 Å². The van der Waals surface area contributed by atoms with Crippen molar-refractivity contribution in [3.63, 3.8) is 0 Å². The van der Waals surface area contributed by atoms with E-state index in [0.717, 1.165) is 10.0 Å². The minimum Gasteiger partial charge on any atom is -0.495 e. The molecule has 0 saturated carbocycles. The molecule has 0 atom stereocenters. The highest BCUT2D eigenvalue weighted by atomic mass is 79.9. The third-order valence-electron chi connectivity index (χ3n) is 2.82. The monoisotopic (exact) mass is 350 g/mol. The smallest absolute Gasteiger partial charge is 0.143 e. The van der Waals surface area contributed by atoms with E-state index in [4.69, 9.17) is 21.6 Å². The summed E-state index contributed by atoms with van der Waals surface area (Å²) in [5.74, 6) is 0.646. The third-order valence-corrected chi connectivity index (χ3v) is 4.05. The van der Waals surface area contributed by atoms with Crippen LogP contribution in [0.4, 0.5) is 5.69 Å². The zero-order valence-corrected chi connectivity index (χ0v) is 13.1. The van der Waals surface area contributed by atoms with Gasteiger partial charge in [0.1, 0.15) is 11.8 Å². The van der Waals surface area contributed by atoms with Gasteiger partial charge >= 0.3 is 0 Å². The van der Waals surface area contributed by atoms with E-state index in [-0.39, 0.29) is 0 Å². The zero-order valence-electron chi connectivity index (χ0n) is 10.8. The molecule has 0 unspecified atom stereocenters. The van der Waals surface area contributed by atoms with Crippen LogP contribution in [-0.4, -0.2) is 7.11 Å². The summed E-state index contributed by atoms with van der Waals surface area (Å²) in [7, 11) is 1.58. The van der Waals surface area contributed by atoms with Gasteiger partial charge in [0.05, 0.1) is 23.4 Å². The fourth-order valence-electron chi connectivity index (χ4n) is 1.82. The molecule has 0 aliphatic carbocycles. The Bertz CT molecular complexity index is 667. The lowest BCUT2D eigenvalue weighted by atomic mass is 10.1. The molecular formula is C15H12BrClN2O. The normalized spacial score (nSPS) is 9.90. The van der Waals surface area contributed by atoms with Crippen LogP contribution in [0, 0.1) is 11.3 Å². The molecule has 2 aromatic carbocycles. The van der Waals surface area contributed by atoms with E-state index < -0.39 is 0 Å². The third kappa shape index (κ3) is 3.24. The molecule has 0 spiro atoms. The second-order valence-corrected chi connectivity index (χ2v) is 5.36. The molecule has 0 aromatic heterocycles. The molecule has 0 heterocycles. The van der Waals surface area contributed by atoms with Gasteiger partial charge in [0.25, 0.3) is 0 Å². The molecule has 3 nitrogen and oxygen atoms in total. The van der Waals surface area contributed by atoms with Crippen LogP contribution >= 0.6 is 27.5 Å². The summed E-state index contributed by atoms with van der Waals surface area (Å²) < 4.78 is 6.13. The Morgan fingerprint density at radius 2 is 2.15 bits per heavy atom. The largest absolute Gasteiger partial charge is 0.495 e. The predicted octanol–water partition coefficient (Wildman–Crippen LogP) is 4.59. The van der Waals surface area contributed by atoms with Gasteiger partial charge in [-0.2, -0.15) is 5.26 Å². The number of para-hydroxylation sites is 1. The highest BCUT2D eigenvalue weighted by Crippen LogP contribution is 2.29. The maximum absolute atomic E-state index is 9.14. The molecule has 0 saturated heterocycles. The number of nitrogens with zero attached hydrogens (tertiary/aromatic N) is 1. The van der Waals surface area contributed by atoms with Gasteiger partial charge in [-0.15, -0.1) is 0 Å². The van der Waals surface area contributed by atoms with Gasteiger partial charge in [-0.05, 0) is 45.8 Å². The molecule has 0 aliphatic rings. The Kier molecular flexibility index (Phi) is 4.89. The summed E-state index contributed by atoms with van der Waals surface area (Å²) in [5, 5.41) is 13.0. The van der Waals surface area contributed by atoms with Crippen LogP contribution in [-0.2, 0) is 6.54 Å². The highest BCUT2D eigenvalue weighted by molar-refractivity contribution is 9.10. The summed E-state index contributed by atoms with van der Waals surface area (Å²) in [5.41, 5.74) is 2.26. The Morgan fingerprint density at radius 1 is 1.35 bits per heavy atom. The van der Waals surface area contributed by atoms with Crippen LogP contribution in [0.2, 0.25) is 5.02 Å². The van der Waals surface area contributed by atoms with Crippen LogP contribution in [0.15, 0.2) is 40.9 Å². The number of ether oxygens (including phenoxy) is 1. The van der Waals surface area contributed by atoms with Gasteiger partial charge in [0.15, 0.2) is 0 Å². The van der Waals surface area contributed by atoms with Crippen LogP contribution in [0.3, 0.4) is 0 Å². The quantitative estimate of drug-likeness (QED) is 0.876. The second-order valence-electron chi connectivity index (χ2n) is 4.10. The van der Waals surface area contributed by atoms with Crippen molar-refractivity contribution in [3.8, 4) is 11.8 Å². The van der Waals surface area contributed by atoms with Gasteiger partial charge in [-0.25, -0.2) is 0 Å². The Labute approximate surface area is 131 Å². The number of halogens is 2. The van der Waals surface area contributed by atoms with E-state index in [1.807, 2.05) is 24.3 Å². The molecular weight excluding hydrogens is 340 g/mol. The summed E-state index contributed by atoms with van der Waals surface area (Å²) in [6.07, 6.45) is 0. The maximum Gasteiger partial charge on any atom is 0.143 e. The van der Waals surface area contributed by atoms with Gasteiger partial charge in [0.2, 0.25) is 0 Å². The van der Waals surface area contributed by atoms with E-state index in [1.165, 1.54) is 0 Å². The first-order chi connectivity index (χ1) is 9.65. The first kappa shape index (κ1) is 14.7. The fraction of sp³-hybridized carbons (Fsp3) is 0.133. The van der Waals surface area contributed by atoms with E-state index in [1.54, 1.807) is 19.2 Å². The molecule has 0 fully saturated rings. The van der Waals surface area contributed by atoms with Gasteiger partial charge in [-0.1, -0.05) is 23.7 Å². The van der Waals surface area contributed by atoms with Crippen molar-refractivity contribution >= 4 is 33.2 Å². The van der Waals surface area contributed by atoms with Crippen molar-refractivity contribution in [2.24, 2.45) is 0 Å². The van der Waals surface area contributed by atoms with E-state index in [0.29, 0.717) is 28.6 Å². The Hall–Kier alpha value is -1.70. The fourth-order valence-corrected chi connectivity index (χ4v) is 2.27. The maximum atomic E-state index is 9.14. The van der Waals surface area contributed by atoms with Gasteiger partial charge in [-0.3, -0.25) is 0 Å². The van der Waals surface area contributed by atoms with E-state index in [2.05, 4.69) is 27.3 Å². The summed E-state index contributed by atoms with van der Waals surface area (Å²) in [6, 6.07) is 13.2. The number of anilines is 1. The summed E-state index contributed by atoms with van der Waals surface area (Å²) in [6.45, 7) is 0.558. The summed E-state index contributed by atoms with van der Waals surface area (Å²) in [4.78, 5) is 0. The zero-order chi connectivity index (χ0) is 14.5. The first-order valence-corrected chi connectivity index (χ1v) is 7.07. The first-order valence-electron chi connectivity index (χ1n) is 5.90. The molecule has 2 aromatic rings. The van der Waals surface area contributed by atoms with Crippen molar-refractivity contribution in [3.05, 3.63) is 57.0 Å². The molecule has 20 heavy (non-hydrogen) atoms. The lowest BCUT2D eigenvalue weighted by Gasteiger charge is -2.13. The van der Waals surface area contributed by atoms with E-state index in [9.17, 15) is 0 Å². The van der Waals surface area contributed by atoms with Crippen molar-refractivity contribution in [1.82, 2.24) is 0 Å². The summed E-state index contributed by atoms with van der Waals surface area (Å²) >= 11 is 9.42. The number of nitriles is 1. The number of rotatable bonds is 4. The standard InChI is InChI=1S/C15H12BrClN2O/c1-20-14-4-2-3-11(8-18)15(14)19-9-10-5-6-12(16)13(17)7-10/h2-7,19H,9H2,1H3. The molecule has 0 radical (unpaired) electrons. The predicted molar refractivity (Wildman–Crippen MR) is 84.2 cm³/mol. The molecule has 2 rings (SSSR count). The van der Waals surface area contributed by atoms with Crippen molar-refractivity contribution in [2.75, 3.05) is 12.4 Å². The lowest BCUT2D eigenvalue weighted by molar-refractivity contribution is 0.416. The van der Waals surface area contributed by atoms with Gasteiger partial charge in [0, 0.05) is 11.0 Å². The lowest BCUT2D eigenvalue weighted by Crippen LogP contribution is -2.03. The van der Waals surface area contributed by atoms with Crippen molar-refractivity contribution in [1.29, 1.82) is 5.26 Å². The number of hydrogen-bond acceptors (Lipinski definition) is 3. The second kappa shape index (κ2) is 6.65. The molecule has 1 N–H and O–H groups in total. The number of nitrogens with one attached hydrogen (secondary N) is 1. The number of benzene rings is 2. The minimum atomic E-state index is 0.549. The van der Waals surface area contributed by atoms with Crippen molar-refractivity contribution in [2.45, 2.75) is 6.54 Å². The van der Waals surface area contributed by atoms with Gasteiger partial charge < -0.3 is 10.1 Å². The molecule has 102 valence electrons. The van der Waals surface area contributed by atoms with Crippen molar-refractivity contribution < 1.29 is 4.74 Å². The topological polar surface area (TPSA) is 45.0 Å².